The fourth-order valence-electron chi connectivity index (χ4n) is 4.91. The maximum atomic E-state index is 10.8. The molecular weight excluding hydrogens is 386 g/mol. The molecule has 2 unspecified atom stereocenters. The van der Waals surface area contributed by atoms with Gasteiger partial charge in [-0.05, 0) is 35.6 Å². The molecule has 160 valence electrons. The first-order chi connectivity index (χ1) is 15.1. The van der Waals surface area contributed by atoms with E-state index in [0.29, 0.717) is 13.0 Å². The molecule has 2 N–H and O–H groups in total. The predicted molar refractivity (Wildman–Crippen MR) is 122 cm³/mol. The molecule has 0 saturated carbocycles. The lowest BCUT2D eigenvalue weighted by Gasteiger charge is -2.46. The van der Waals surface area contributed by atoms with Crippen LogP contribution in [0.5, 0.6) is 5.75 Å². The van der Waals surface area contributed by atoms with E-state index >= 15 is 0 Å². The van der Waals surface area contributed by atoms with Crippen LogP contribution < -0.4 is 4.74 Å². The molecule has 3 aromatic carbocycles. The Bertz CT molecular complexity index is 1010. The zero-order valence-electron chi connectivity index (χ0n) is 17.7. The molecule has 0 radical (unpaired) electrons. The van der Waals surface area contributed by atoms with Gasteiger partial charge in [0, 0.05) is 31.6 Å². The smallest absolute Gasteiger partial charge is 0.125 e. The summed E-state index contributed by atoms with van der Waals surface area (Å²) in [4.78, 5) is 2.30. The van der Waals surface area contributed by atoms with E-state index in [1.165, 1.54) is 5.56 Å². The van der Waals surface area contributed by atoms with Crippen molar-refractivity contribution in [2.24, 2.45) is 0 Å². The normalized spacial score (nSPS) is 21.3. The number of fused-ring (bicyclic) bond motifs is 1. The highest BCUT2D eigenvalue weighted by Gasteiger charge is 2.42. The van der Waals surface area contributed by atoms with Crippen LogP contribution in [0.1, 0.15) is 42.6 Å². The summed E-state index contributed by atoms with van der Waals surface area (Å²) in [5.74, 6) is 0.813. The molecule has 0 bridgehead atoms. The van der Waals surface area contributed by atoms with E-state index in [1.807, 2.05) is 54.6 Å². The van der Waals surface area contributed by atoms with Gasteiger partial charge < -0.3 is 19.8 Å². The second-order valence-electron chi connectivity index (χ2n) is 8.85. The van der Waals surface area contributed by atoms with Crippen LogP contribution in [0.15, 0.2) is 78.9 Å². The molecule has 2 atom stereocenters. The Morgan fingerprint density at radius 1 is 0.871 bits per heavy atom. The molecule has 4 heteroatoms. The van der Waals surface area contributed by atoms with Crippen LogP contribution in [0.25, 0.3) is 11.1 Å². The van der Waals surface area contributed by atoms with Crippen LogP contribution in [-0.2, 0) is 0 Å². The summed E-state index contributed by atoms with van der Waals surface area (Å²) in [7, 11) is 0. The van der Waals surface area contributed by atoms with Gasteiger partial charge in [0.1, 0.15) is 11.4 Å². The number of piperidine rings is 1. The van der Waals surface area contributed by atoms with Crippen molar-refractivity contribution in [3.63, 3.8) is 0 Å². The monoisotopic (exact) mass is 415 g/mol. The lowest BCUT2D eigenvalue weighted by Crippen LogP contribution is -2.51. The van der Waals surface area contributed by atoms with Crippen LogP contribution in [0.4, 0.5) is 0 Å². The van der Waals surface area contributed by atoms with Crippen molar-refractivity contribution >= 4 is 0 Å². The minimum Gasteiger partial charge on any atom is -0.487 e. The minimum absolute atomic E-state index is 0.299. The van der Waals surface area contributed by atoms with E-state index in [-0.39, 0.29) is 5.60 Å². The standard InChI is InChI=1S/C27H29NO3/c29-24-18-27(31-26-9-5-4-8-23(24)26)14-16-28(17-15-27)19-25(30)22-12-10-21(11-13-22)20-6-2-1-3-7-20/h1-13,24-25,29-30H,14-19H2. The second-order valence-corrected chi connectivity index (χ2v) is 8.85. The Morgan fingerprint density at radius 2 is 1.52 bits per heavy atom. The average Bonchev–Trinajstić information content (AvgIpc) is 2.81. The van der Waals surface area contributed by atoms with Gasteiger partial charge >= 0.3 is 0 Å². The number of hydrogen-bond acceptors (Lipinski definition) is 4. The SMILES string of the molecule is OC(CN1CCC2(CC1)CC(O)c1ccccc1O2)c1ccc(-c2ccccc2)cc1. The molecule has 31 heavy (non-hydrogen) atoms. The van der Waals surface area contributed by atoms with Crippen molar-refractivity contribution in [3.05, 3.63) is 90.0 Å². The van der Waals surface area contributed by atoms with Gasteiger partial charge in [0.25, 0.3) is 0 Å². The Kier molecular flexibility index (Phi) is 5.53. The first-order valence-electron chi connectivity index (χ1n) is 11.1. The number of nitrogens with zero attached hydrogens (tertiary/aromatic N) is 1. The van der Waals surface area contributed by atoms with E-state index in [2.05, 4.69) is 29.2 Å². The van der Waals surface area contributed by atoms with Gasteiger partial charge in [0.05, 0.1) is 12.2 Å². The van der Waals surface area contributed by atoms with Gasteiger partial charge in [0.2, 0.25) is 0 Å². The van der Waals surface area contributed by atoms with Crippen molar-refractivity contribution in [3.8, 4) is 16.9 Å². The topological polar surface area (TPSA) is 52.9 Å². The zero-order valence-corrected chi connectivity index (χ0v) is 17.7. The van der Waals surface area contributed by atoms with Gasteiger partial charge in [-0.1, -0.05) is 72.8 Å². The summed E-state index contributed by atoms with van der Waals surface area (Å²) in [6.07, 6.45) is 1.37. The molecule has 3 aromatic rings. The number of para-hydroxylation sites is 1. The lowest BCUT2D eigenvalue weighted by atomic mass is 9.81. The van der Waals surface area contributed by atoms with E-state index < -0.39 is 12.2 Å². The summed E-state index contributed by atoms with van der Waals surface area (Å²) >= 11 is 0. The number of ether oxygens (including phenoxy) is 1. The minimum atomic E-state index is -0.516. The van der Waals surface area contributed by atoms with Crippen LogP contribution >= 0.6 is 0 Å². The Labute approximate surface area is 183 Å². The third kappa shape index (κ3) is 4.24. The number of aliphatic hydroxyl groups excluding tert-OH is 2. The van der Waals surface area contributed by atoms with Crippen molar-refractivity contribution in [2.45, 2.75) is 37.1 Å². The summed E-state index contributed by atoms with van der Waals surface area (Å²) in [5.41, 5.74) is 3.88. The number of hydrogen-bond donors (Lipinski definition) is 2. The summed E-state index contributed by atoms with van der Waals surface area (Å²) in [6, 6.07) is 26.3. The quantitative estimate of drug-likeness (QED) is 0.646. The molecule has 0 aliphatic carbocycles. The van der Waals surface area contributed by atoms with Gasteiger partial charge in [-0.15, -0.1) is 0 Å². The summed E-state index contributed by atoms with van der Waals surface area (Å²) < 4.78 is 6.37. The van der Waals surface area contributed by atoms with Crippen molar-refractivity contribution in [1.29, 1.82) is 0 Å². The highest BCUT2D eigenvalue weighted by molar-refractivity contribution is 5.63. The maximum absolute atomic E-state index is 10.8. The van der Waals surface area contributed by atoms with Crippen molar-refractivity contribution in [2.75, 3.05) is 19.6 Å². The number of aliphatic hydroxyl groups is 2. The summed E-state index contributed by atoms with van der Waals surface area (Å²) in [5, 5.41) is 21.4. The van der Waals surface area contributed by atoms with Crippen LogP contribution in [0, 0.1) is 0 Å². The predicted octanol–water partition coefficient (Wildman–Crippen LogP) is 4.74. The third-order valence-electron chi connectivity index (χ3n) is 6.77. The van der Waals surface area contributed by atoms with E-state index in [1.54, 1.807) is 0 Å². The molecule has 5 rings (SSSR count). The van der Waals surface area contributed by atoms with Gasteiger partial charge in [-0.25, -0.2) is 0 Å². The molecule has 1 spiro atoms. The first-order valence-corrected chi connectivity index (χ1v) is 11.1. The molecule has 4 nitrogen and oxygen atoms in total. The second kappa shape index (κ2) is 8.46. The van der Waals surface area contributed by atoms with Crippen molar-refractivity contribution in [1.82, 2.24) is 4.90 Å². The Hall–Kier alpha value is -2.66. The van der Waals surface area contributed by atoms with Crippen molar-refractivity contribution < 1.29 is 14.9 Å². The summed E-state index contributed by atoms with van der Waals surface area (Å²) in [6.45, 7) is 2.32. The number of rotatable bonds is 4. The van der Waals surface area contributed by atoms with Crippen LogP contribution in [0.2, 0.25) is 0 Å². The molecule has 0 aromatic heterocycles. The fraction of sp³-hybridized carbons (Fsp3) is 0.333. The largest absolute Gasteiger partial charge is 0.487 e. The molecule has 0 amide bonds. The van der Waals surface area contributed by atoms with Gasteiger partial charge in [-0.3, -0.25) is 0 Å². The van der Waals surface area contributed by atoms with E-state index in [0.717, 1.165) is 48.4 Å². The Balaban J connectivity index is 1.19. The lowest BCUT2D eigenvalue weighted by molar-refractivity contribution is -0.0587. The molecular formula is C27H29NO3. The average molecular weight is 416 g/mol. The van der Waals surface area contributed by atoms with E-state index in [9.17, 15) is 10.2 Å². The zero-order chi connectivity index (χ0) is 21.3. The maximum Gasteiger partial charge on any atom is 0.125 e. The molecule has 1 fully saturated rings. The molecule has 2 aliphatic heterocycles. The van der Waals surface area contributed by atoms with E-state index in [4.69, 9.17) is 4.74 Å². The first kappa shape index (κ1) is 20.3. The molecule has 1 saturated heterocycles. The highest BCUT2D eigenvalue weighted by Crippen LogP contribution is 2.44. The Morgan fingerprint density at radius 3 is 2.26 bits per heavy atom. The molecule has 2 heterocycles. The number of β-amino-alcohol motifs (C(OH)–C–C–N with tert-alkyl or cyclic N) is 1. The van der Waals surface area contributed by atoms with Gasteiger partial charge in [-0.2, -0.15) is 0 Å². The molecule has 2 aliphatic rings. The van der Waals surface area contributed by atoms with Gasteiger partial charge in [0.15, 0.2) is 0 Å². The van der Waals surface area contributed by atoms with Crippen LogP contribution in [-0.4, -0.2) is 40.3 Å². The van der Waals surface area contributed by atoms with Crippen LogP contribution in [0.3, 0.4) is 0 Å². The number of benzene rings is 3. The fourth-order valence-corrected chi connectivity index (χ4v) is 4.91. The number of likely N-dealkylation sites (tertiary alicyclic amines) is 1. The third-order valence-corrected chi connectivity index (χ3v) is 6.77. The highest BCUT2D eigenvalue weighted by atomic mass is 16.5.